The Balaban J connectivity index is 1.48. The summed E-state index contributed by atoms with van der Waals surface area (Å²) in [6.45, 7) is 4.95. The molecule has 0 unspecified atom stereocenters. The standard InChI is InChI=1S/C20H25N3O5/c1-12(2)14-10-28-20-7-8-22(16(20)9-17(24)23(14)20)18(25)11-27-15-6-4-3-5-13(15)19(21)26/h3-6,12,14,16H,7-11H2,1-2H3,(H2,21,26)/t14-,16+,20-/m0/s1. The molecule has 4 rings (SSSR count). The molecule has 8 nitrogen and oxygen atoms in total. The van der Waals surface area contributed by atoms with E-state index in [4.69, 9.17) is 15.2 Å². The summed E-state index contributed by atoms with van der Waals surface area (Å²) < 4.78 is 11.7. The van der Waals surface area contributed by atoms with Crippen molar-refractivity contribution >= 4 is 17.7 Å². The van der Waals surface area contributed by atoms with Crippen molar-refractivity contribution in [3.05, 3.63) is 29.8 Å². The highest BCUT2D eigenvalue weighted by atomic mass is 16.5. The summed E-state index contributed by atoms with van der Waals surface area (Å²) in [7, 11) is 0. The zero-order valence-electron chi connectivity index (χ0n) is 16.1. The Morgan fingerprint density at radius 3 is 2.82 bits per heavy atom. The van der Waals surface area contributed by atoms with Crippen LogP contribution < -0.4 is 10.5 Å². The molecule has 0 bridgehead atoms. The molecule has 3 aliphatic rings. The largest absolute Gasteiger partial charge is 0.483 e. The van der Waals surface area contributed by atoms with Gasteiger partial charge in [-0.25, -0.2) is 0 Å². The van der Waals surface area contributed by atoms with Gasteiger partial charge in [-0.15, -0.1) is 0 Å². The van der Waals surface area contributed by atoms with Crippen LogP contribution in [-0.2, 0) is 14.3 Å². The van der Waals surface area contributed by atoms with Gasteiger partial charge in [0.2, 0.25) is 5.91 Å². The topological polar surface area (TPSA) is 102 Å². The van der Waals surface area contributed by atoms with Gasteiger partial charge in [0, 0.05) is 13.0 Å². The lowest BCUT2D eigenvalue weighted by Crippen LogP contribution is -2.51. The van der Waals surface area contributed by atoms with Gasteiger partial charge in [0.15, 0.2) is 12.3 Å². The van der Waals surface area contributed by atoms with Crippen molar-refractivity contribution in [2.45, 2.75) is 44.5 Å². The Morgan fingerprint density at radius 2 is 2.11 bits per heavy atom. The number of carbonyl (C=O) groups is 3. The maximum atomic E-state index is 12.8. The van der Waals surface area contributed by atoms with E-state index >= 15 is 0 Å². The first-order valence-electron chi connectivity index (χ1n) is 9.62. The Bertz CT molecular complexity index is 826. The molecular weight excluding hydrogens is 362 g/mol. The molecule has 3 aliphatic heterocycles. The third-order valence-corrected chi connectivity index (χ3v) is 6.08. The Morgan fingerprint density at radius 1 is 1.36 bits per heavy atom. The highest BCUT2D eigenvalue weighted by Gasteiger charge is 2.65. The lowest BCUT2D eigenvalue weighted by Gasteiger charge is -2.34. The quantitative estimate of drug-likeness (QED) is 0.803. The van der Waals surface area contributed by atoms with Gasteiger partial charge < -0.3 is 25.0 Å². The molecule has 3 fully saturated rings. The van der Waals surface area contributed by atoms with Crippen LogP contribution in [0.2, 0.25) is 0 Å². The van der Waals surface area contributed by atoms with E-state index < -0.39 is 11.6 Å². The number of carbonyl (C=O) groups excluding carboxylic acids is 3. The van der Waals surface area contributed by atoms with E-state index in [0.717, 1.165) is 0 Å². The van der Waals surface area contributed by atoms with Crippen LogP contribution in [0.3, 0.4) is 0 Å². The first-order chi connectivity index (χ1) is 13.3. The lowest BCUT2D eigenvalue weighted by molar-refractivity contribution is -0.142. The number of rotatable bonds is 5. The minimum Gasteiger partial charge on any atom is -0.483 e. The fourth-order valence-electron chi connectivity index (χ4n) is 4.69. The molecule has 3 atom stereocenters. The zero-order chi connectivity index (χ0) is 20.1. The summed E-state index contributed by atoms with van der Waals surface area (Å²) in [6, 6.07) is 6.30. The molecule has 3 amide bonds. The van der Waals surface area contributed by atoms with E-state index in [-0.39, 0.29) is 48.2 Å². The van der Waals surface area contributed by atoms with Gasteiger partial charge in [-0.1, -0.05) is 26.0 Å². The van der Waals surface area contributed by atoms with Crippen LogP contribution in [0.15, 0.2) is 24.3 Å². The summed E-state index contributed by atoms with van der Waals surface area (Å²) in [4.78, 5) is 40.6. The minimum absolute atomic E-state index is 0.0405. The number of likely N-dealkylation sites (tertiary alicyclic amines) is 1. The van der Waals surface area contributed by atoms with E-state index in [1.54, 1.807) is 29.2 Å². The molecule has 1 aromatic carbocycles. The Kier molecular flexibility index (Phi) is 4.53. The van der Waals surface area contributed by atoms with Gasteiger partial charge in [-0.3, -0.25) is 14.4 Å². The summed E-state index contributed by atoms with van der Waals surface area (Å²) in [5, 5.41) is 0. The van der Waals surface area contributed by atoms with Crippen LogP contribution in [0.1, 0.15) is 37.0 Å². The number of hydrogen-bond donors (Lipinski definition) is 1. The van der Waals surface area contributed by atoms with Crippen molar-refractivity contribution < 1.29 is 23.9 Å². The molecule has 0 aromatic heterocycles. The highest BCUT2D eigenvalue weighted by molar-refractivity contribution is 5.95. The first kappa shape index (κ1) is 18.7. The van der Waals surface area contributed by atoms with Crippen LogP contribution in [0.5, 0.6) is 5.75 Å². The van der Waals surface area contributed by atoms with Crippen molar-refractivity contribution in [1.82, 2.24) is 9.80 Å². The second kappa shape index (κ2) is 6.77. The average Bonchev–Trinajstić information content (AvgIpc) is 3.29. The predicted molar refractivity (Wildman–Crippen MR) is 99.3 cm³/mol. The SMILES string of the molecule is CC(C)[C@@H]1CO[C@@]23CCN(C(=O)COc4ccccc4C(N)=O)[C@@H]2CC(=O)N13. The second-order valence-electron chi connectivity index (χ2n) is 7.94. The van der Waals surface area contributed by atoms with Crippen LogP contribution in [0, 0.1) is 5.92 Å². The second-order valence-corrected chi connectivity index (χ2v) is 7.94. The van der Waals surface area contributed by atoms with Gasteiger partial charge in [-0.2, -0.15) is 0 Å². The number of benzene rings is 1. The molecule has 8 heteroatoms. The van der Waals surface area contributed by atoms with Crippen LogP contribution in [0.25, 0.3) is 0 Å². The van der Waals surface area contributed by atoms with Gasteiger partial charge >= 0.3 is 0 Å². The molecule has 3 saturated heterocycles. The van der Waals surface area contributed by atoms with E-state index in [1.807, 2.05) is 4.90 Å². The molecule has 0 saturated carbocycles. The molecule has 150 valence electrons. The fraction of sp³-hybridized carbons (Fsp3) is 0.550. The summed E-state index contributed by atoms with van der Waals surface area (Å²) in [5.74, 6) is -0.232. The number of amides is 3. The molecule has 2 N–H and O–H groups in total. The number of nitrogens with zero attached hydrogens (tertiary/aromatic N) is 2. The number of ether oxygens (including phenoxy) is 2. The first-order valence-corrected chi connectivity index (χ1v) is 9.62. The minimum atomic E-state index is -0.702. The number of nitrogens with two attached hydrogens (primary N) is 1. The normalized spacial score (nSPS) is 28.6. The molecule has 3 heterocycles. The molecule has 28 heavy (non-hydrogen) atoms. The van der Waals surface area contributed by atoms with Gasteiger partial charge in [0.05, 0.1) is 30.7 Å². The van der Waals surface area contributed by atoms with Crippen LogP contribution in [-0.4, -0.2) is 65.1 Å². The maximum absolute atomic E-state index is 12.8. The smallest absolute Gasteiger partial charge is 0.260 e. The zero-order valence-corrected chi connectivity index (χ0v) is 16.1. The van der Waals surface area contributed by atoms with Crippen LogP contribution in [0.4, 0.5) is 0 Å². The average molecular weight is 387 g/mol. The van der Waals surface area contributed by atoms with Gasteiger partial charge in [0.1, 0.15) is 5.75 Å². The van der Waals surface area contributed by atoms with E-state index in [2.05, 4.69) is 13.8 Å². The predicted octanol–water partition coefficient (Wildman–Crippen LogP) is 0.749. The van der Waals surface area contributed by atoms with Gasteiger partial charge in [0.25, 0.3) is 11.8 Å². The number of para-hydroxylation sites is 1. The summed E-state index contributed by atoms with van der Waals surface area (Å²) in [5.41, 5.74) is 4.88. The van der Waals surface area contributed by atoms with Crippen molar-refractivity contribution in [3.8, 4) is 5.75 Å². The molecule has 0 aliphatic carbocycles. The van der Waals surface area contributed by atoms with E-state index in [9.17, 15) is 14.4 Å². The van der Waals surface area contributed by atoms with E-state index in [1.165, 1.54) is 0 Å². The van der Waals surface area contributed by atoms with E-state index in [0.29, 0.717) is 25.5 Å². The maximum Gasteiger partial charge on any atom is 0.260 e. The number of hydrogen-bond acceptors (Lipinski definition) is 5. The molecule has 1 aromatic rings. The fourth-order valence-corrected chi connectivity index (χ4v) is 4.69. The van der Waals surface area contributed by atoms with Crippen molar-refractivity contribution in [3.63, 3.8) is 0 Å². The lowest BCUT2D eigenvalue weighted by atomic mass is 10.0. The summed E-state index contributed by atoms with van der Waals surface area (Å²) in [6.07, 6.45) is 0.878. The molecular formula is C20H25N3O5. The Labute approximate surface area is 163 Å². The number of primary amides is 1. The van der Waals surface area contributed by atoms with Crippen molar-refractivity contribution in [2.24, 2.45) is 11.7 Å². The third-order valence-electron chi connectivity index (χ3n) is 6.08. The third kappa shape index (κ3) is 2.74. The van der Waals surface area contributed by atoms with Gasteiger partial charge in [-0.05, 0) is 18.1 Å². The van der Waals surface area contributed by atoms with Crippen LogP contribution >= 0.6 is 0 Å². The molecule has 1 spiro atoms. The van der Waals surface area contributed by atoms with Crippen molar-refractivity contribution in [1.29, 1.82) is 0 Å². The Hall–Kier alpha value is -2.61. The molecule has 0 radical (unpaired) electrons. The van der Waals surface area contributed by atoms with Crippen molar-refractivity contribution in [2.75, 3.05) is 19.8 Å². The highest BCUT2D eigenvalue weighted by Crippen LogP contribution is 2.48. The monoisotopic (exact) mass is 387 g/mol. The summed E-state index contributed by atoms with van der Waals surface area (Å²) >= 11 is 0.